The van der Waals surface area contributed by atoms with Crippen molar-refractivity contribution in [1.29, 1.82) is 0 Å². The monoisotopic (exact) mass is 594 g/mol. The third kappa shape index (κ3) is 5.07. The summed E-state index contributed by atoms with van der Waals surface area (Å²) in [5, 5.41) is 2.52. The van der Waals surface area contributed by atoms with Gasteiger partial charge in [-0.1, -0.05) is 30.3 Å². The van der Waals surface area contributed by atoms with E-state index >= 15 is 0 Å². The number of carbonyl (C=O) groups is 1. The molecule has 0 saturated carbocycles. The molecule has 4 aromatic rings. The summed E-state index contributed by atoms with van der Waals surface area (Å²) in [5.41, 5.74) is 5.48. The van der Waals surface area contributed by atoms with Gasteiger partial charge in [-0.25, -0.2) is 4.79 Å². The lowest BCUT2D eigenvalue weighted by Crippen LogP contribution is -2.43. The zero-order chi connectivity index (χ0) is 30.3. The summed E-state index contributed by atoms with van der Waals surface area (Å²) in [4.78, 5) is 19.7. The number of hydrogen-bond donors (Lipinski definition) is 0. The normalized spacial score (nSPS) is 21.1. The zero-order valence-corrected chi connectivity index (χ0v) is 26.9. The lowest BCUT2D eigenvalue weighted by molar-refractivity contribution is 0.00578. The van der Waals surface area contributed by atoms with E-state index in [2.05, 4.69) is 82.3 Å². The Balaban J connectivity index is 1.12. The number of thiophene rings is 1. The molecule has 0 unspecified atom stereocenters. The first kappa shape index (κ1) is 28.6. The molecule has 2 fully saturated rings. The van der Waals surface area contributed by atoms with Gasteiger partial charge in [-0.15, -0.1) is 11.3 Å². The molecule has 0 N–H and O–H groups in total. The van der Waals surface area contributed by atoms with Crippen LogP contribution in [0.25, 0.3) is 31.3 Å². The Morgan fingerprint density at radius 1 is 0.953 bits per heavy atom. The van der Waals surface area contributed by atoms with Crippen LogP contribution in [0.15, 0.2) is 59.6 Å². The van der Waals surface area contributed by atoms with E-state index in [1.807, 2.05) is 37.0 Å². The minimum absolute atomic E-state index is 0.00247. The van der Waals surface area contributed by atoms with Gasteiger partial charge in [0.25, 0.3) is 0 Å². The highest BCUT2D eigenvalue weighted by Gasteiger charge is 2.51. The minimum atomic E-state index is -0.509. The highest BCUT2D eigenvalue weighted by molar-refractivity contribution is 7.26. The van der Waals surface area contributed by atoms with Crippen molar-refractivity contribution < 1.29 is 18.8 Å². The van der Waals surface area contributed by atoms with Crippen LogP contribution >= 0.6 is 11.3 Å². The first-order valence-electron chi connectivity index (χ1n) is 15.3. The second kappa shape index (κ2) is 9.91. The van der Waals surface area contributed by atoms with Crippen LogP contribution < -0.4 is 5.46 Å². The van der Waals surface area contributed by atoms with E-state index in [0.29, 0.717) is 6.54 Å². The maximum absolute atomic E-state index is 12.9. The van der Waals surface area contributed by atoms with Gasteiger partial charge in [-0.3, -0.25) is 9.89 Å². The average Bonchev–Trinajstić information content (AvgIpc) is 3.69. The van der Waals surface area contributed by atoms with E-state index in [1.54, 1.807) is 0 Å². The first-order valence-corrected chi connectivity index (χ1v) is 16.1. The van der Waals surface area contributed by atoms with Crippen LogP contribution in [0.4, 0.5) is 10.5 Å². The maximum atomic E-state index is 12.9. The number of amides is 1. The number of carbonyl (C=O) groups excluding carboxylic acids is 1. The predicted octanol–water partition coefficient (Wildman–Crippen LogP) is 8.05. The zero-order valence-electron chi connectivity index (χ0n) is 26.1. The van der Waals surface area contributed by atoms with Gasteiger partial charge < -0.3 is 14.0 Å². The maximum Gasteiger partial charge on any atom is 0.494 e. The van der Waals surface area contributed by atoms with Gasteiger partial charge in [0, 0.05) is 38.8 Å². The number of ether oxygens (including phenoxy) is 1. The topological polar surface area (TPSA) is 60.4 Å². The summed E-state index contributed by atoms with van der Waals surface area (Å²) in [6.45, 7) is 14.8. The second-order valence-electron chi connectivity index (χ2n) is 14.1. The van der Waals surface area contributed by atoms with Crippen molar-refractivity contribution in [3.63, 3.8) is 0 Å². The van der Waals surface area contributed by atoms with E-state index < -0.39 is 5.60 Å². The third-order valence-electron chi connectivity index (χ3n) is 9.34. The van der Waals surface area contributed by atoms with E-state index in [1.165, 1.54) is 36.9 Å². The Morgan fingerprint density at radius 3 is 2.33 bits per heavy atom. The summed E-state index contributed by atoms with van der Waals surface area (Å²) in [7, 11) is -0.367. The van der Waals surface area contributed by atoms with E-state index in [9.17, 15) is 4.79 Å². The Morgan fingerprint density at radius 2 is 1.60 bits per heavy atom. The summed E-state index contributed by atoms with van der Waals surface area (Å²) >= 11 is 1.81. The van der Waals surface area contributed by atoms with Gasteiger partial charge in [0.2, 0.25) is 0 Å². The minimum Gasteiger partial charge on any atom is -0.444 e. The molecule has 7 rings (SSSR count). The number of rotatable bonds is 3. The first-order chi connectivity index (χ1) is 20.3. The SMILES string of the molecule is CC(C)(C)OC(=O)N1CCC[C@H]1C1=Nc2ccc(-c3ccc4c(c3)sc3cc(B5OC(C)(C)C(C)(C)O5)ccc34)cc2C1. The quantitative estimate of drug-likeness (QED) is 0.225. The molecule has 3 aliphatic rings. The number of nitrogens with zero attached hydrogens (tertiary/aromatic N) is 2. The van der Waals surface area contributed by atoms with Crippen LogP contribution in [-0.4, -0.2) is 53.2 Å². The molecule has 8 heteroatoms. The van der Waals surface area contributed by atoms with Crippen LogP contribution in [0.1, 0.15) is 66.9 Å². The smallest absolute Gasteiger partial charge is 0.444 e. The molecule has 6 nitrogen and oxygen atoms in total. The lowest BCUT2D eigenvalue weighted by Gasteiger charge is -2.32. The van der Waals surface area contributed by atoms with Gasteiger partial charge in [0.05, 0.1) is 22.9 Å². The van der Waals surface area contributed by atoms with Crippen molar-refractivity contribution in [3.8, 4) is 11.1 Å². The fourth-order valence-electron chi connectivity index (χ4n) is 6.35. The highest BCUT2D eigenvalue weighted by Crippen LogP contribution is 2.40. The van der Waals surface area contributed by atoms with Crippen molar-refractivity contribution in [2.24, 2.45) is 4.99 Å². The summed E-state index contributed by atoms with van der Waals surface area (Å²) in [6.07, 6.45) is 2.42. The van der Waals surface area contributed by atoms with E-state index in [4.69, 9.17) is 19.0 Å². The van der Waals surface area contributed by atoms with Crippen LogP contribution in [-0.2, 0) is 20.5 Å². The molecule has 1 atom stereocenters. The molecule has 0 bridgehead atoms. The standard InChI is InChI=1S/C35H39BN2O4S/c1-33(2,3)40-32(39)38-16-8-9-29(38)28-18-23-17-21(11-15-27(23)37-28)22-10-13-25-26-14-12-24(20-31(26)43-30(25)19-22)36-41-34(4,5)35(6,7)42-36/h10-15,17,19-20,29H,8-9,16,18H2,1-7H3/t29-/m0/s1. The Labute approximate surface area is 258 Å². The molecule has 2 saturated heterocycles. The average molecular weight is 595 g/mol. The van der Waals surface area contributed by atoms with Crippen LogP contribution in [0.3, 0.4) is 0 Å². The second-order valence-corrected chi connectivity index (χ2v) is 15.2. The van der Waals surface area contributed by atoms with Crippen molar-refractivity contribution >= 4 is 61.6 Å². The highest BCUT2D eigenvalue weighted by atomic mass is 32.1. The molecular weight excluding hydrogens is 555 g/mol. The molecule has 0 aliphatic carbocycles. The largest absolute Gasteiger partial charge is 0.494 e. The molecule has 222 valence electrons. The van der Waals surface area contributed by atoms with E-state index in [0.717, 1.165) is 36.1 Å². The number of aliphatic imine (C=N–C) groups is 1. The number of benzene rings is 3. The predicted molar refractivity (Wildman–Crippen MR) is 177 cm³/mol. The molecule has 3 aliphatic heterocycles. The fourth-order valence-corrected chi connectivity index (χ4v) is 7.54. The van der Waals surface area contributed by atoms with Crippen LogP contribution in [0.2, 0.25) is 0 Å². The van der Waals surface area contributed by atoms with Gasteiger partial charge in [0.15, 0.2) is 0 Å². The van der Waals surface area contributed by atoms with E-state index in [-0.39, 0.29) is 30.5 Å². The molecule has 43 heavy (non-hydrogen) atoms. The number of likely N-dealkylation sites (tertiary alicyclic amines) is 1. The third-order valence-corrected chi connectivity index (χ3v) is 10.5. The van der Waals surface area contributed by atoms with Gasteiger partial charge in [0.1, 0.15) is 5.60 Å². The fraction of sp³-hybridized carbons (Fsp3) is 0.429. The van der Waals surface area contributed by atoms with Crippen molar-refractivity contribution in [2.45, 2.75) is 90.6 Å². The number of fused-ring (bicyclic) bond motifs is 4. The molecule has 1 aromatic heterocycles. The van der Waals surface area contributed by atoms with Crippen molar-refractivity contribution in [2.75, 3.05) is 6.54 Å². The number of hydrogen-bond acceptors (Lipinski definition) is 6. The Kier molecular flexibility index (Phi) is 6.58. The van der Waals surface area contributed by atoms with Crippen LogP contribution in [0.5, 0.6) is 0 Å². The molecule has 3 aromatic carbocycles. The summed E-state index contributed by atoms with van der Waals surface area (Å²) in [5.74, 6) is 0. The van der Waals surface area contributed by atoms with Gasteiger partial charge in [-0.05, 0) is 108 Å². The van der Waals surface area contributed by atoms with Gasteiger partial charge >= 0.3 is 13.2 Å². The van der Waals surface area contributed by atoms with Crippen LogP contribution in [0, 0.1) is 0 Å². The van der Waals surface area contributed by atoms with Crippen molar-refractivity contribution in [3.05, 3.63) is 60.2 Å². The Hall–Kier alpha value is -3.20. The molecule has 4 heterocycles. The Bertz CT molecular complexity index is 1780. The molecule has 0 radical (unpaired) electrons. The summed E-state index contributed by atoms with van der Waals surface area (Å²) in [6, 6.07) is 19.9. The molecular formula is C35H39BN2O4S. The van der Waals surface area contributed by atoms with Crippen molar-refractivity contribution in [1.82, 2.24) is 4.90 Å². The summed E-state index contributed by atoms with van der Waals surface area (Å²) < 4.78 is 20.8. The van der Waals surface area contributed by atoms with Gasteiger partial charge in [-0.2, -0.15) is 0 Å². The molecule has 0 spiro atoms. The molecule has 1 amide bonds. The lowest BCUT2D eigenvalue weighted by atomic mass is 9.79.